The fourth-order valence-electron chi connectivity index (χ4n) is 2.10. The van der Waals surface area contributed by atoms with Gasteiger partial charge in [-0.25, -0.2) is 4.79 Å². The van der Waals surface area contributed by atoms with Crippen molar-refractivity contribution in [1.29, 1.82) is 0 Å². The molecule has 24 heavy (non-hydrogen) atoms. The molecular formula is C17H21N3O3S. The second-order valence-corrected chi connectivity index (χ2v) is 6.73. The molecule has 128 valence electrons. The van der Waals surface area contributed by atoms with Crippen LogP contribution in [0, 0.1) is 6.92 Å². The third kappa shape index (κ3) is 5.36. The Labute approximate surface area is 145 Å². The van der Waals surface area contributed by atoms with E-state index in [1.54, 1.807) is 47.5 Å². The molecule has 2 aromatic rings. The lowest BCUT2D eigenvalue weighted by atomic mass is 10.2. The molecule has 3 amide bonds. The largest absolute Gasteiger partial charge is 0.375 e. The van der Waals surface area contributed by atoms with Crippen LogP contribution >= 0.6 is 11.3 Å². The average molecular weight is 347 g/mol. The maximum absolute atomic E-state index is 12.3. The van der Waals surface area contributed by atoms with Gasteiger partial charge in [0.1, 0.15) is 6.61 Å². The molecule has 1 aromatic heterocycles. The van der Waals surface area contributed by atoms with E-state index in [-0.39, 0.29) is 18.5 Å². The van der Waals surface area contributed by atoms with E-state index in [1.807, 2.05) is 19.1 Å². The van der Waals surface area contributed by atoms with Gasteiger partial charge in [0.15, 0.2) is 0 Å². The van der Waals surface area contributed by atoms with E-state index >= 15 is 0 Å². The molecule has 0 fully saturated rings. The van der Waals surface area contributed by atoms with Gasteiger partial charge < -0.3 is 20.3 Å². The molecule has 7 heteroatoms. The van der Waals surface area contributed by atoms with Crippen LogP contribution in [0.25, 0.3) is 0 Å². The van der Waals surface area contributed by atoms with Crippen LogP contribution in [0.2, 0.25) is 0 Å². The topological polar surface area (TPSA) is 70.7 Å². The summed E-state index contributed by atoms with van der Waals surface area (Å²) in [6, 6.07) is 10.8. The van der Waals surface area contributed by atoms with Crippen molar-refractivity contribution in [3.63, 3.8) is 0 Å². The fraction of sp³-hybridized carbons (Fsp3) is 0.294. The van der Waals surface area contributed by atoms with Gasteiger partial charge in [-0.05, 0) is 37.3 Å². The maximum atomic E-state index is 12.3. The number of anilines is 2. The van der Waals surface area contributed by atoms with Gasteiger partial charge in [-0.3, -0.25) is 4.79 Å². The summed E-state index contributed by atoms with van der Waals surface area (Å²) in [7, 11) is 3.20. The second-order valence-electron chi connectivity index (χ2n) is 5.36. The van der Waals surface area contributed by atoms with E-state index in [0.717, 1.165) is 4.88 Å². The number of ether oxygens (including phenoxy) is 1. The number of nitrogens with one attached hydrogen (secondary N) is 2. The maximum Gasteiger partial charge on any atom is 0.321 e. The number of amides is 3. The standard InChI is InChI=1S/C17H21N3O3S/c1-12-7-8-15(24-12)10-20(2)17(22)19-14-6-4-5-13(9-14)18-16(21)11-23-3/h4-9H,10-11H2,1-3H3,(H,18,21)(H,19,22). The van der Waals surface area contributed by atoms with Gasteiger partial charge in [-0.15, -0.1) is 11.3 Å². The molecule has 0 unspecified atom stereocenters. The predicted molar refractivity (Wildman–Crippen MR) is 96.5 cm³/mol. The number of hydrogen-bond acceptors (Lipinski definition) is 4. The van der Waals surface area contributed by atoms with Crippen LogP contribution < -0.4 is 10.6 Å². The quantitative estimate of drug-likeness (QED) is 0.842. The summed E-state index contributed by atoms with van der Waals surface area (Å²) in [5.41, 5.74) is 1.22. The van der Waals surface area contributed by atoms with Crippen molar-refractivity contribution in [2.24, 2.45) is 0 Å². The Hall–Kier alpha value is -2.38. The highest BCUT2D eigenvalue weighted by atomic mass is 32.1. The zero-order valence-electron chi connectivity index (χ0n) is 14.0. The highest BCUT2D eigenvalue weighted by molar-refractivity contribution is 7.11. The number of thiophene rings is 1. The molecular weight excluding hydrogens is 326 g/mol. The first kappa shape index (κ1) is 18.0. The smallest absolute Gasteiger partial charge is 0.321 e. The molecule has 0 aliphatic rings. The Kier molecular flexibility index (Phi) is 6.34. The van der Waals surface area contributed by atoms with E-state index in [1.165, 1.54) is 12.0 Å². The van der Waals surface area contributed by atoms with E-state index in [0.29, 0.717) is 17.9 Å². The van der Waals surface area contributed by atoms with E-state index < -0.39 is 0 Å². The Morgan fingerprint density at radius 1 is 1.17 bits per heavy atom. The number of methoxy groups -OCH3 is 1. The van der Waals surface area contributed by atoms with Crippen LogP contribution in [0.4, 0.5) is 16.2 Å². The first-order valence-corrected chi connectivity index (χ1v) is 8.26. The minimum Gasteiger partial charge on any atom is -0.375 e. The third-order valence-electron chi connectivity index (χ3n) is 3.21. The summed E-state index contributed by atoms with van der Waals surface area (Å²) in [6.45, 7) is 2.58. The minimum atomic E-state index is -0.244. The Balaban J connectivity index is 1.94. The van der Waals surface area contributed by atoms with Crippen LogP contribution in [0.3, 0.4) is 0 Å². The highest BCUT2D eigenvalue weighted by Crippen LogP contribution is 2.18. The number of urea groups is 1. The molecule has 0 saturated carbocycles. The van der Waals surface area contributed by atoms with Gasteiger partial charge in [0.2, 0.25) is 5.91 Å². The molecule has 0 saturated heterocycles. The molecule has 0 atom stereocenters. The van der Waals surface area contributed by atoms with Crippen molar-refractivity contribution >= 4 is 34.6 Å². The predicted octanol–water partition coefficient (Wildman–Crippen LogP) is 3.31. The SMILES string of the molecule is COCC(=O)Nc1cccc(NC(=O)N(C)Cc2ccc(C)s2)c1. The molecule has 2 rings (SSSR count). The van der Waals surface area contributed by atoms with E-state index in [9.17, 15) is 9.59 Å². The Bertz CT molecular complexity index is 715. The molecule has 0 aliphatic heterocycles. The van der Waals surface area contributed by atoms with Crippen LogP contribution in [-0.2, 0) is 16.1 Å². The number of nitrogens with zero attached hydrogens (tertiary/aromatic N) is 1. The normalized spacial score (nSPS) is 10.3. The molecule has 1 aromatic carbocycles. The van der Waals surface area contributed by atoms with Gasteiger partial charge in [-0.1, -0.05) is 6.07 Å². The highest BCUT2D eigenvalue weighted by Gasteiger charge is 2.11. The lowest BCUT2D eigenvalue weighted by Crippen LogP contribution is -2.30. The van der Waals surface area contributed by atoms with Crippen LogP contribution in [0.5, 0.6) is 0 Å². The molecule has 0 aliphatic carbocycles. The Morgan fingerprint density at radius 2 is 1.88 bits per heavy atom. The molecule has 0 radical (unpaired) electrons. The van der Waals surface area contributed by atoms with Crippen molar-refractivity contribution in [3.8, 4) is 0 Å². The summed E-state index contributed by atoms with van der Waals surface area (Å²) in [4.78, 5) is 27.8. The number of carbonyl (C=O) groups excluding carboxylic acids is 2. The second kappa shape index (κ2) is 8.47. The molecule has 0 spiro atoms. The monoisotopic (exact) mass is 347 g/mol. The van der Waals surface area contributed by atoms with Crippen LogP contribution in [-0.4, -0.2) is 37.6 Å². The zero-order valence-corrected chi connectivity index (χ0v) is 14.8. The summed E-state index contributed by atoms with van der Waals surface area (Å²) in [5, 5.41) is 5.52. The third-order valence-corrected chi connectivity index (χ3v) is 4.19. The number of rotatable bonds is 6. The number of aryl methyl sites for hydroxylation is 1. The van der Waals surface area contributed by atoms with Crippen molar-refractivity contribution in [2.75, 3.05) is 31.4 Å². The first-order chi connectivity index (χ1) is 11.5. The van der Waals surface area contributed by atoms with Gasteiger partial charge in [0, 0.05) is 35.3 Å². The molecule has 1 heterocycles. The first-order valence-electron chi connectivity index (χ1n) is 7.44. The Morgan fingerprint density at radius 3 is 2.50 bits per heavy atom. The summed E-state index contributed by atoms with van der Waals surface area (Å²) in [6.07, 6.45) is 0. The molecule has 0 bridgehead atoms. The zero-order chi connectivity index (χ0) is 17.5. The lowest BCUT2D eigenvalue weighted by Gasteiger charge is -2.17. The summed E-state index contributed by atoms with van der Waals surface area (Å²) in [5.74, 6) is -0.244. The van der Waals surface area contributed by atoms with Crippen molar-refractivity contribution in [3.05, 3.63) is 46.2 Å². The summed E-state index contributed by atoms with van der Waals surface area (Å²) >= 11 is 1.67. The number of carbonyl (C=O) groups is 2. The van der Waals surface area contributed by atoms with Gasteiger partial charge in [-0.2, -0.15) is 0 Å². The van der Waals surface area contributed by atoms with E-state index in [2.05, 4.69) is 10.6 Å². The van der Waals surface area contributed by atoms with Gasteiger partial charge >= 0.3 is 6.03 Å². The number of benzene rings is 1. The van der Waals surface area contributed by atoms with Crippen LogP contribution in [0.1, 0.15) is 9.75 Å². The average Bonchev–Trinajstić information content (AvgIpc) is 2.92. The van der Waals surface area contributed by atoms with E-state index in [4.69, 9.17) is 4.74 Å². The fourth-order valence-corrected chi connectivity index (χ4v) is 3.04. The van der Waals surface area contributed by atoms with Crippen molar-refractivity contribution in [1.82, 2.24) is 4.90 Å². The van der Waals surface area contributed by atoms with Gasteiger partial charge in [0.05, 0.1) is 6.54 Å². The van der Waals surface area contributed by atoms with Crippen molar-refractivity contribution in [2.45, 2.75) is 13.5 Å². The molecule has 2 N–H and O–H groups in total. The minimum absolute atomic E-state index is 0.0143. The van der Waals surface area contributed by atoms with Crippen molar-refractivity contribution < 1.29 is 14.3 Å². The number of hydrogen-bond donors (Lipinski definition) is 2. The van der Waals surface area contributed by atoms with Crippen LogP contribution in [0.15, 0.2) is 36.4 Å². The van der Waals surface area contributed by atoms with Gasteiger partial charge in [0.25, 0.3) is 0 Å². The summed E-state index contributed by atoms with van der Waals surface area (Å²) < 4.78 is 4.77. The molecule has 6 nitrogen and oxygen atoms in total. The lowest BCUT2D eigenvalue weighted by molar-refractivity contribution is -0.119.